The third-order valence-corrected chi connectivity index (χ3v) is 5.58. The highest BCUT2D eigenvalue weighted by Crippen LogP contribution is 2.33. The molecule has 0 unspecified atom stereocenters. The lowest BCUT2D eigenvalue weighted by molar-refractivity contribution is 0.400. The molecule has 4 heterocycles. The summed E-state index contributed by atoms with van der Waals surface area (Å²) in [5.41, 5.74) is 2.05. The fourth-order valence-corrected chi connectivity index (χ4v) is 4.37. The third-order valence-electron chi connectivity index (χ3n) is 2.97. The van der Waals surface area contributed by atoms with Crippen LogP contribution in [0, 0.1) is 0 Å². The highest BCUT2D eigenvalue weighted by Gasteiger charge is 2.12. The summed E-state index contributed by atoms with van der Waals surface area (Å²) in [6.45, 7) is 0. The van der Waals surface area contributed by atoms with Gasteiger partial charge in [-0.3, -0.25) is 4.40 Å². The first-order valence-electron chi connectivity index (χ1n) is 5.83. The van der Waals surface area contributed by atoms with Crippen molar-refractivity contribution in [3.05, 3.63) is 34.2 Å². The summed E-state index contributed by atoms with van der Waals surface area (Å²) in [6, 6.07) is 8.00. The molecule has 21 heavy (non-hydrogen) atoms. The summed E-state index contributed by atoms with van der Waals surface area (Å²) in [5, 5.41) is 0. The molecule has 4 nitrogen and oxygen atoms in total. The molecule has 0 N–H and O–H groups in total. The van der Waals surface area contributed by atoms with Crippen LogP contribution in [-0.4, -0.2) is 21.5 Å². The van der Waals surface area contributed by atoms with Crippen LogP contribution in [0.25, 0.3) is 25.9 Å². The molecule has 0 aliphatic heterocycles. The third kappa shape index (κ3) is 2.50. The average Bonchev–Trinajstić information content (AvgIpc) is 3.11. The number of pyridine rings is 1. The van der Waals surface area contributed by atoms with Crippen LogP contribution >= 0.6 is 55.6 Å². The highest BCUT2D eigenvalue weighted by molar-refractivity contribution is 9.11. The van der Waals surface area contributed by atoms with Gasteiger partial charge >= 0.3 is 0 Å². The Hall–Kier alpha value is -0.960. The number of thiazole rings is 1. The first-order chi connectivity index (χ1) is 9.74. The second-order valence-electron chi connectivity index (χ2n) is 4.16. The Labute approximate surface area is 147 Å². The van der Waals surface area contributed by atoms with Gasteiger partial charge in [-0.2, -0.15) is 0 Å². The number of halogens is 2. The lowest BCUT2D eigenvalue weighted by Gasteiger charge is -1.96. The molecule has 108 valence electrons. The van der Waals surface area contributed by atoms with Crippen LogP contribution in [0.5, 0.6) is 5.88 Å². The van der Waals surface area contributed by atoms with Crippen molar-refractivity contribution in [1.82, 2.24) is 14.4 Å². The number of hydrogen-bond donors (Lipinski definition) is 0. The van der Waals surface area contributed by atoms with Crippen LogP contribution < -0.4 is 4.74 Å². The van der Waals surface area contributed by atoms with Gasteiger partial charge in [0.1, 0.15) is 10.5 Å². The molecule has 0 aliphatic carbocycles. The van der Waals surface area contributed by atoms with Crippen LogP contribution in [0.2, 0.25) is 0 Å². The molecular weight excluding hydrogens is 438 g/mol. The predicted molar refractivity (Wildman–Crippen MR) is 96.3 cm³/mol. The van der Waals surface area contributed by atoms with Gasteiger partial charge in [-0.25, -0.2) is 9.97 Å². The van der Waals surface area contributed by atoms with Gasteiger partial charge < -0.3 is 4.74 Å². The van der Waals surface area contributed by atoms with Crippen molar-refractivity contribution in [3.8, 4) is 16.5 Å². The number of methoxy groups -OCH3 is 1. The SMILES string of the molecule is Br.COc1ccc2c(n1)sc1nc(-c3ccc(Br)s3)cn12. The summed E-state index contributed by atoms with van der Waals surface area (Å²) in [4.78, 5) is 12.2. The maximum absolute atomic E-state index is 5.15. The van der Waals surface area contributed by atoms with Crippen molar-refractivity contribution < 1.29 is 4.74 Å². The standard InChI is InChI=1S/C13H8BrN3OS2.BrH/c1-18-11-5-2-8-12(16-11)20-13-15-7(6-17(8)13)9-3-4-10(14)19-9;/h2-6H,1H3;1H. The highest BCUT2D eigenvalue weighted by atomic mass is 79.9. The summed E-state index contributed by atoms with van der Waals surface area (Å²) in [6.07, 6.45) is 2.06. The zero-order valence-electron chi connectivity index (χ0n) is 10.7. The maximum atomic E-state index is 5.15. The number of fused-ring (bicyclic) bond motifs is 3. The lowest BCUT2D eigenvalue weighted by Crippen LogP contribution is -1.86. The molecule has 4 aromatic heterocycles. The zero-order chi connectivity index (χ0) is 13.7. The Balaban J connectivity index is 0.00000132. The molecule has 0 aliphatic rings. The molecule has 4 aromatic rings. The van der Waals surface area contributed by atoms with E-state index in [0.29, 0.717) is 5.88 Å². The van der Waals surface area contributed by atoms with Crippen molar-refractivity contribution in [1.29, 1.82) is 0 Å². The molecular formula is C13H9Br2N3OS2. The minimum atomic E-state index is 0. The Morgan fingerprint density at radius 3 is 2.71 bits per heavy atom. The first-order valence-corrected chi connectivity index (χ1v) is 8.25. The molecule has 0 aromatic carbocycles. The smallest absolute Gasteiger partial charge is 0.214 e. The average molecular weight is 447 g/mol. The second kappa shape index (κ2) is 5.68. The molecule has 0 atom stereocenters. The van der Waals surface area contributed by atoms with E-state index >= 15 is 0 Å². The second-order valence-corrected chi connectivity index (χ2v) is 7.58. The number of imidazole rings is 1. The van der Waals surface area contributed by atoms with Gasteiger partial charge in [-0.1, -0.05) is 11.3 Å². The van der Waals surface area contributed by atoms with E-state index in [1.165, 1.54) is 0 Å². The van der Waals surface area contributed by atoms with E-state index in [1.54, 1.807) is 29.8 Å². The molecule has 0 bridgehead atoms. The largest absolute Gasteiger partial charge is 0.481 e. The van der Waals surface area contributed by atoms with E-state index in [0.717, 1.165) is 29.7 Å². The van der Waals surface area contributed by atoms with Crippen LogP contribution in [-0.2, 0) is 0 Å². The van der Waals surface area contributed by atoms with Crippen molar-refractivity contribution >= 4 is 70.9 Å². The first kappa shape index (κ1) is 15.0. The molecule has 0 saturated carbocycles. The van der Waals surface area contributed by atoms with Crippen LogP contribution in [0.15, 0.2) is 34.2 Å². The quantitative estimate of drug-likeness (QED) is 0.433. The van der Waals surface area contributed by atoms with E-state index in [2.05, 4.69) is 42.6 Å². The van der Waals surface area contributed by atoms with Crippen molar-refractivity contribution in [3.63, 3.8) is 0 Å². The number of hydrogen-bond acceptors (Lipinski definition) is 5. The van der Waals surface area contributed by atoms with Crippen LogP contribution in [0.4, 0.5) is 0 Å². The Morgan fingerprint density at radius 2 is 2.00 bits per heavy atom. The van der Waals surface area contributed by atoms with Gasteiger partial charge in [0.2, 0.25) is 5.88 Å². The molecule has 8 heteroatoms. The molecule has 0 amide bonds. The van der Waals surface area contributed by atoms with E-state index in [4.69, 9.17) is 4.74 Å². The van der Waals surface area contributed by atoms with Gasteiger partial charge in [-0.05, 0) is 34.1 Å². The minimum Gasteiger partial charge on any atom is -0.481 e. The Morgan fingerprint density at radius 1 is 1.14 bits per heavy atom. The predicted octanol–water partition coefficient (Wildman–Crippen LogP) is 5.02. The topological polar surface area (TPSA) is 39.4 Å². The molecule has 0 saturated heterocycles. The fourth-order valence-electron chi connectivity index (χ4n) is 2.05. The van der Waals surface area contributed by atoms with Gasteiger partial charge in [0.15, 0.2) is 4.96 Å². The number of thiophene rings is 1. The van der Waals surface area contributed by atoms with E-state index in [1.807, 2.05) is 18.2 Å². The van der Waals surface area contributed by atoms with E-state index in [-0.39, 0.29) is 17.0 Å². The van der Waals surface area contributed by atoms with Gasteiger partial charge in [0.05, 0.1) is 21.3 Å². The summed E-state index contributed by atoms with van der Waals surface area (Å²) in [5.74, 6) is 0.629. The Bertz CT molecular complexity index is 928. The summed E-state index contributed by atoms with van der Waals surface area (Å²) >= 11 is 6.73. The normalized spacial score (nSPS) is 11.0. The number of aromatic nitrogens is 3. The zero-order valence-corrected chi connectivity index (χ0v) is 15.7. The van der Waals surface area contributed by atoms with Crippen molar-refractivity contribution in [2.75, 3.05) is 7.11 Å². The monoisotopic (exact) mass is 445 g/mol. The van der Waals surface area contributed by atoms with Gasteiger partial charge in [-0.15, -0.1) is 28.3 Å². The summed E-state index contributed by atoms with van der Waals surface area (Å²) < 4.78 is 8.34. The maximum Gasteiger partial charge on any atom is 0.214 e. The van der Waals surface area contributed by atoms with Crippen molar-refractivity contribution in [2.45, 2.75) is 0 Å². The number of nitrogens with zero attached hydrogens (tertiary/aromatic N) is 3. The van der Waals surface area contributed by atoms with Crippen LogP contribution in [0.1, 0.15) is 0 Å². The Kier molecular flexibility index (Phi) is 4.04. The van der Waals surface area contributed by atoms with E-state index in [9.17, 15) is 0 Å². The minimum absolute atomic E-state index is 0. The fraction of sp³-hybridized carbons (Fsp3) is 0.0769. The van der Waals surface area contributed by atoms with Gasteiger partial charge in [0.25, 0.3) is 0 Å². The lowest BCUT2D eigenvalue weighted by atomic mass is 10.4. The van der Waals surface area contributed by atoms with E-state index < -0.39 is 0 Å². The number of rotatable bonds is 2. The number of ether oxygens (including phenoxy) is 1. The molecule has 0 spiro atoms. The molecule has 0 radical (unpaired) electrons. The molecule has 4 rings (SSSR count). The summed E-state index contributed by atoms with van der Waals surface area (Å²) in [7, 11) is 1.62. The molecule has 0 fully saturated rings. The van der Waals surface area contributed by atoms with Gasteiger partial charge in [0, 0.05) is 12.3 Å². The van der Waals surface area contributed by atoms with Crippen LogP contribution in [0.3, 0.4) is 0 Å². The van der Waals surface area contributed by atoms with Crippen molar-refractivity contribution in [2.24, 2.45) is 0 Å².